The third kappa shape index (κ3) is 3.09. The fourth-order valence-corrected chi connectivity index (χ4v) is 4.87. The second-order valence-corrected chi connectivity index (χ2v) is 7.36. The van der Waals surface area contributed by atoms with Crippen LogP contribution < -0.4 is 16.6 Å². The van der Waals surface area contributed by atoms with E-state index in [9.17, 15) is 14.4 Å². The molecular weight excluding hydrogens is 348 g/mol. The van der Waals surface area contributed by atoms with Gasteiger partial charge in [0.1, 0.15) is 4.83 Å². The van der Waals surface area contributed by atoms with Crippen molar-refractivity contribution in [1.82, 2.24) is 14.9 Å². The van der Waals surface area contributed by atoms with E-state index in [0.717, 1.165) is 36.6 Å². The van der Waals surface area contributed by atoms with Crippen LogP contribution in [0.2, 0.25) is 0 Å². The van der Waals surface area contributed by atoms with E-state index in [4.69, 9.17) is 5.73 Å². The second kappa shape index (κ2) is 6.78. The number of primary amides is 1. The number of imide groups is 1. The molecule has 0 radical (unpaired) electrons. The SMILES string of the molecule is C=CCn1c(SCC(=O)NC(N)=O)nc2sc3c(c2c1=O)CCC3. The number of thioether (sulfide) groups is 1. The molecule has 0 bridgehead atoms. The molecule has 1 aliphatic rings. The molecule has 7 nitrogen and oxygen atoms in total. The number of nitrogens with one attached hydrogen (secondary N) is 1. The van der Waals surface area contributed by atoms with Gasteiger partial charge < -0.3 is 5.73 Å². The number of hydrogen-bond acceptors (Lipinski definition) is 6. The molecule has 3 N–H and O–H groups in total. The van der Waals surface area contributed by atoms with Crippen LogP contribution in [0.1, 0.15) is 16.9 Å². The van der Waals surface area contributed by atoms with Crippen LogP contribution in [0.25, 0.3) is 10.2 Å². The number of urea groups is 1. The van der Waals surface area contributed by atoms with E-state index in [1.54, 1.807) is 17.4 Å². The van der Waals surface area contributed by atoms with Crippen LogP contribution >= 0.6 is 23.1 Å². The lowest BCUT2D eigenvalue weighted by molar-refractivity contribution is -0.117. The van der Waals surface area contributed by atoms with Crippen LogP contribution in [-0.2, 0) is 24.2 Å². The van der Waals surface area contributed by atoms with Crippen molar-refractivity contribution in [2.45, 2.75) is 31.0 Å². The monoisotopic (exact) mass is 364 g/mol. The van der Waals surface area contributed by atoms with Gasteiger partial charge in [-0.2, -0.15) is 0 Å². The topological polar surface area (TPSA) is 107 Å². The molecule has 0 spiro atoms. The third-order valence-corrected chi connectivity index (χ3v) is 5.86. The van der Waals surface area contributed by atoms with Gasteiger partial charge in [0.2, 0.25) is 5.91 Å². The normalized spacial score (nSPS) is 13.0. The number of nitrogens with zero attached hydrogens (tertiary/aromatic N) is 2. The summed E-state index contributed by atoms with van der Waals surface area (Å²) in [6, 6.07) is -0.901. The van der Waals surface area contributed by atoms with Crippen LogP contribution in [0, 0.1) is 0 Å². The summed E-state index contributed by atoms with van der Waals surface area (Å²) in [5, 5.41) is 3.13. The van der Waals surface area contributed by atoms with Gasteiger partial charge in [-0.05, 0) is 24.8 Å². The lowest BCUT2D eigenvalue weighted by Crippen LogP contribution is -2.36. The van der Waals surface area contributed by atoms with Gasteiger partial charge in [0.15, 0.2) is 5.16 Å². The quantitative estimate of drug-likeness (QED) is 0.474. The Labute approximate surface area is 145 Å². The number of hydrogen-bond donors (Lipinski definition) is 2. The average molecular weight is 364 g/mol. The molecule has 24 heavy (non-hydrogen) atoms. The van der Waals surface area contributed by atoms with Crippen molar-refractivity contribution in [3.63, 3.8) is 0 Å². The summed E-state index contributed by atoms with van der Waals surface area (Å²) in [6.45, 7) is 3.99. The van der Waals surface area contributed by atoms with Gasteiger partial charge in [-0.1, -0.05) is 17.8 Å². The summed E-state index contributed by atoms with van der Waals surface area (Å²) in [5.41, 5.74) is 5.94. The van der Waals surface area contributed by atoms with Crippen LogP contribution in [0.4, 0.5) is 4.79 Å². The molecule has 2 aromatic heterocycles. The van der Waals surface area contributed by atoms with Crippen molar-refractivity contribution in [2.24, 2.45) is 5.73 Å². The number of nitrogens with two attached hydrogens (primary N) is 1. The molecular formula is C15H16N4O3S2. The van der Waals surface area contributed by atoms with Gasteiger partial charge in [0.25, 0.3) is 5.56 Å². The maximum absolute atomic E-state index is 12.9. The summed E-state index contributed by atoms with van der Waals surface area (Å²) in [5.74, 6) is -0.580. The number of fused-ring (bicyclic) bond motifs is 3. The fourth-order valence-electron chi connectivity index (χ4n) is 2.76. The lowest BCUT2D eigenvalue weighted by Gasteiger charge is -2.10. The Kier molecular flexibility index (Phi) is 4.72. The predicted octanol–water partition coefficient (Wildman–Crippen LogP) is 1.42. The standard InChI is InChI=1S/C15H16N4O3S2/c1-2-6-19-13(21)11-8-4-3-5-9(8)24-12(11)18-15(19)23-7-10(20)17-14(16)22/h2H,1,3-7H2,(H3,16,17,20,22). The van der Waals surface area contributed by atoms with E-state index in [1.807, 2.05) is 5.32 Å². The van der Waals surface area contributed by atoms with E-state index < -0.39 is 11.9 Å². The Morgan fingerprint density at radius 1 is 1.46 bits per heavy atom. The van der Waals surface area contributed by atoms with Gasteiger partial charge in [-0.25, -0.2) is 9.78 Å². The minimum atomic E-state index is -0.901. The summed E-state index contributed by atoms with van der Waals surface area (Å²) in [4.78, 5) is 41.7. The number of aryl methyl sites for hydroxylation is 2. The van der Waals surface area contributed by atoms with Crippen molar-refractivity contribution in [2.75, 3.05) is 5.75 Å². The molecule has 0 atom stereocenters. The smallest absolute Gasteiger partial charge is 0.318 e. The number of amides is 3. The van der Waals surface area contributed by atoms with Crippen molar-refractivity contribution >= 4 is 45.3 Å². The molecule has 0 aromatic carbocycles. The Balaban J connectivity index is 1.99. The van der Waals surface area contributed by atoms with E-state index in [-0.39, 0.29) is 11.3 Å². The van der Waals surface area contributed by atoms with E-state index in [0.29, 0.717) is 21.9 Å². The Morgan fingerprint density at radius 3 is 2.96 bits per heavy atom. The van der Waals surface area contributed by atoms with Crippen LogP contribution in [0.5, 0.6) is 0 Å². The zero-order chi connectivity index (χ0) is 17.3. The Hall–Kier alpha value is -2.13. The van der Waals surface area contributed by atoms with E-state index in [2.05, 4.69) is 11.6 Å². The van der Waals surface area contributed by atoms with Gasteiger partial charge >= 0.3 is 6.03 Å². The van der Waals surface area contributed by atoms with Crippen LogP contribution in [-0.4, -0.2) is 27.2 Å². The number of allylic oxidation sites excluding steroid dienone is 1. The van der Waals surface area contributed by atoms with Crippen molar-refractivity contribution < 1.29 is 9.59 Å². The van der Waals surface area contributed by atoms with Crippen molar-refractivity contribution in [3.8, 4) is 0 Å². The van der Waals surface area contributed by atoms with Crippen LogP contribution in [0.15, 0.2) is 22.6 Å². The predicted molar refractivity (Wildman–Crippen MR) is 94.6 cm³/mol. The maximum Gasteiger partial charge on any atom is 0.318 e. The Morgan fingerprint density at radius 2 is 2.25 bits per heavy atom. The zero-order valence-corrected chi connectivity index (χ0v) is 14.5. The number of rotatable bonds is 5. The minimum absolute atomic E-state index is 0.0525. The highest BCUT2D eigenvalue weighted by Crippen LogP contribution is 2.35. The molecule has 3 amide bonds. The molecule has 0 saturated heterocycles. The van der Waals surface area contributed by atoms with E-state index >= 15 is 0 Å². The minimum Gasteiger partial charge on any atom is -0.351 e. The molecule has 2 heterocycles. The molecule has 3 rings (SSSR count). The number of thiophene rings is 1. The van der Waals surface area contributed by atoms with Gasteiger partial charge in [-0.15, -0.1) is 17.9 Å². The Bertz CT molecular complexity index is 900. The van der Waals surface area contributed by atoms with Gasteiger partial charge in [-0.3, -0.25) is 19.5 Å². The molecule has 1 aliphatic carbocycles. The summed E-state index contributed by atoms with van der Waals surface area (Å²) < 4.78 is 1.52. The zero-order valence-electron chi connectivity index (χ0n) is 12.8. The number of aromatic nitrogens is 2. The molecule has 0 saturated carbocycles. The molecule has 2 aromatic rings. The molecule has 0 unspecified atom stereocenters. The second-order valence-electron chi connectivity index (χ2n) is 5.34. The van der Waals surface area contributed by atoms with Crippen molar-refractivity contribution in [1.29, 1.82) is 0 Å². The lowest BCUT2D eigenvalue weighted by atomic mass is 10.2. The maximum atomic E-state index is 12.9. The average Bonchev–Trinajstić information content (AvgIpc) is 3.08. The first kappa shape index (κ1) is 16.7. The molecule has 0 aliphatic heterocycles. The fraction of sp³-hybridized carbons (Fsp3) is 0.333. The first-order valence-electron chi connectivity index (χ1n) is 7.39. The first-order chi connectivity index (χ1) is 11.5. The number of carbonyl (C=O) groups excluding carboxylic acids is 2. The molecule has 9 heteroatoms. The highest BCUT2D eigenvalue weighted by molar-refractivity contribution is 7.99. The van der Waals surface area contributed by atoms with Gasteiger partial charge in [0.05, 0.1) is 11.1 Å². The van der Waals surface area contributed by atoms with Gasteiger partial charge in [0, 0.05) is 11.4 Å². The van der Waals surface area contributed by atoms with Crippen LogP contribution in [0.3, 0.4) is 0 Å². The first-order valence-corrected chi connectivity index (χ1v) is 9.19. The third-order valence-electron chi connectivity index (χ3n) is 3.70. The number of carbonyl (C=O) groups is 2. The summed E-state index contributed by atoms with van der Waals surface area (Å²) >= 11 is 2.65. The van der Waals surface area contributed by atoms with Crippen molar-refractivity contribution in [3.05, 3.63) is 33.4 Å². The van der Waals surface area contributed by atoms with E-state index in [1.165, 1.54) is 9.44 Å². The summed E-state index contributed by atoms with van der Waals surface area (Å²) in [7, 11) is 0. The highest BCUT2D eigenvalue weighted by atomic mass is 32.2. The largest absolute Gasteiger partial charge is 0.351 e. The molecule has 126 valence electrons. The highest BCUT2D eigenvalue weighted by Gasteiger charge is 2.23. The summed E-state index contributed by atoms with van der Waals surface area (Å²) in [6.07, 6.45) is 4.59. The molecule has 0 fully saturated rings.